The van der Waals surface area contributed by atoms with Crippen molar-refractivity contribution in [3.05, 3.63) is 35.4 Å². The molecule has 98 valence electrons. The molecule has 0 aromatic heterocycles. The van der Waals surface area contributed by atoms with Crippen LogP contribution in [0.3, 0.4) is 0 Å². The van der Waals surface area contributed by atoms with Crippen LogP contribution in [0.5, 0.6) is 0 Å². The second kappa shape index (κ2) is 5.18. The molecule has 3 N–H and O–H groups in total. The quantitative estimate of drug-likeness (QED) is 0.611. The lowest BCUT2D eigenvalue weighted by molar-refractivity contribution is -0.139. The van der Waals surface area contributed by atoms with Crippen molar-refractivity contribution in [3.63, 3.8) is 0 Å². The predicted octanol–water partition coefficient (Wildman–Crippen LogP) is 1.42. The van der Waals surface area contributed by atoms with E-state index in [0.717, 1.165) is 25.5 Å². The monoisotopic (exact) mass is 249 g/mol. The van der Waals surface area contributed by atoms with E-state index in [-0.39, 0.29) is 5.92 Å². The summed E-state index contributed by atoms with van der Waals surface area (Å²) in [6.45, 7) is 0. The van der Waals surface area contributed by atoms with Crippen molar-refractivity contribution >= 4 is 6.29 Å². The lowest BCUT2D eigenvalue weighted by atomic mass is 9.75. The van der Waals surface area contributed by atoms with Crippen molar-refractivity contribution in [2.45, 2.75) is 31.1 Å². The van der Waals surface area contributed by atoms with Gasteiger partial charge in [0, 0.05) is 18.2 Å². The average molecular weight is 249 g/mol. The number of aldehydes is 1. The first kappa shape index (κ1) is 13.2. The third-order valence-corrected chi connectivity index (χ3v) is 3.88. The highest BCUT2D eigenvalue weighted by atomic mass is 16.5. The molecule has 1 aliphatic carbocycles. The molecular weight excluding hydrogens is 230 g/mol. The molecule has 18 heavy (non-hydrogen) atoms. The second-order valence-corrected chi connectivity index (χ2v) is 4.84. The number of aliphatic hydroxyl groups is 1. The molecule has 0 saturated heterocycles. The van der Waals surface area contributed by atoms with Crippen molar-refractivity contribution in [2.24, 2.45) is 11.7 Å². The van der Waals surface area contributed by atoms with Crippen LogP contribution >= 0.6 is 0 Å². The Morgan fingerprint density at radius 2 is 2.17 bits per heavy atom. The van der Waals surface area contributed by atoms with Gasteiger partial charge in [0.25, 0.3) is 0 Å². The van der Waals surface area contributed by atoms with Gasteiger partial charge in [-0.1, -0.05) is 30.7 Å². The number of hydrogen-bond donors (Lipinski definition) is 2. The summed E-state index contributed by atoms with van der Waals surface area (Å²) in [5.41, 5.74) is 5.90. The molecule has 2 rings (SSSR count). The largest absolute Gasteiger partial charge is 0.388 e. The number of carbonyl (C=O) groups excluding carboxylic acids is 1. The first-order valence-corrected chi connectivity index (χ1v) is 6.20. The zero-order valence-electron chi connectivity index (χ0n) is 10.5. The number of aliphatic hydroxyl groups excluding tert-OH is 1. The van der Waals surface area contributed by atoms with E-state index < -0.39 is 11.8 Å². The molecule has 0 aliphatic heterocycles. The number of nitrogens with two attached hydrogens (primary N) is 1. The molecule has 4 heteroatoms. The normalized spacial score (nSPS) is 20.8. The van der Waals surface area contributed by atoms with E-state index >= 15 is 0 Å². The molecule has 0 bridgehead atoms. The van der Waals surface area contributed by atoms with Crippen LogP contribution in [0.15, 0.2) is 24.3 Å². The first-order chi connectivity index (χ1) is 8.63. The second-order valence-electron chi connectivity index (χ2n) is 4.84. The number of methoxy groups -OCH3 is 1. The molecule has 1 aromatic rings. The Morgan fingerprint density at radius 3 is 2.67 bits per heavy atom. The van der Waals surface area contributed by atoms with E-state index in [1.807, 2.05) is 0 Å². The lowest BCUT2D eigenvalue weighted by Crippen LogP contribution is -2.54. The Morgan fingerprint density at radius 1 is 1.50 bits per heavy atom. The van der Waals surface area contributed by atoms with E-state index in [1.54, 1.807) is 24.3 Å². The predicted molar refractivity (Wildman–Crippen MR) is 68.1 cm³/mol. The molecule has 0 spiro atoms. The topological polar surface area (TPSA) is 72.5 Å². The summed E-state index contributed by atoms with van der Waals surface area (Å²) in [6.07, 6.45) is 2.96. The third-order valence-electron chi connectivity index (χ3n) is 3.88. The summed E-state index contributed by atoms with van der Waals surface area (Å²) in [5.74, 6) is 0.148. The van der Waals surface area contributed by atoms with Gasteiger partial charge in [-0.25, -0.2) is 0 Å². The van der Waals surface area contributed by atoms with E-state index in [0.29, 0.717) is 11.1 Å². The summed E-state index contributed by atoms with van der Waals surface area (Å²) < 4.78 is 5.35. The fourth-order valence-corrected chi connectivity index (χ4v) is 2.45. The molecule has 0 unspecified atom stereocenters. The lowest BCUT2D eigenvalue weighted by Gasteiger charge is -2.41. The molecular formula is C14H19NO3. The van der Waals surface area contributed by atoms with Gasteiger partial charge in [-0.05, 0) is 18.8 Å². The number of hydrogen-bond acceptors (Lipinski definition) is 4. The summed E-state index contributed by atoms with van der Waals surface area (Å²) in [5, 5.41) is 10.4. The van der Waals surface area contributed by atoms with Crippen molar-refractivity contribution in [1.29, 1.82) is 0 Å². The van der Waals surface area contributed by atoms with Crippen LogP contribution in [0.2, 0.25) is 0 Å². The number of benzene rings is 1. The molecule has 1 saturated carbocycles. The van der Waals surface area contributed by atoms with E-state index in [2.05, 4.69) is 0 Å². The number of carbonyl (C=O) groups is 1. The van der Waals surface area contributed by atoms with Crippen LogP contribution in [0.25, 0.3) is 0 Å². The molecule has 0 heterocycles. The van der Waals surface area contributed by atoms with Crippen LogP contribution in [0.4, 0.5) is 0 Å². The zero-order chi connectivity index (χ0) is 13.2. The molecule has 1 aliphatic rings. The highest BCUT2D eigenvalue weighted by Gasteiger charge is 2.43. The van der Waals surface area contributed by atoms with Gasteiger partial charge in [0.15, 0.2) is 5.72 Å². The summed E-state index contributed by atoms with van der Waals surface area (Å²) in [7, 11) is 1.46. The molecule has 0 radical (unpaired) electrons. The highest BCUT2D eigenvalue weighted by Crippen LogP contribution is 2.38. The van der Waals surface area contributed by atoms with Crippen molar-refractivity contribution in [3.8, 4) is 0 Å². The zero-order valence-corrected chi connectivity index (χ0v) is 10.5. The molecule has 2 atom stereocenters. The third kappa shape index (κ3) is 2.07. The number of ether oxygens (including phenoxy) is 1. The Kier molecular flexibility index (Phi) is 3.80. The molecule has 1 fully saturated rings. The van der Waals surface area contributed by atoms with Crippen molar-refractivity contribution < 1.29 is 14.6 Å². The fourth-order valence-electron chi connectivity index (χ4n) is 2.45. The molecule has 4 nitrogen and oxygen atoms in total. The van der Waals surface area contributed by atoms with Crippen molar-refractivity contribution in [1.82, 2.24) is 0 Å². The van der Waals surface area contributed by atoms with Gasteiger partial charge >= 0.3 is 0 Å². The summed E-state index contributed by atoms with van der Waals surface area (Å²) in [6, 6.07) is 6.96. The highest BCUT2D eigenvalue weighted by molar-refractivity contribution is 5.77. The van der Waals surface area contributed by atoms with Gasteiger partial charge in [-0.15, -0.1) is 0 Å². The van der Waals surface area contributed by atoms with Gasteiger partial charge in [0.1, 0.15) is 12.4 Å². The van der Waals surface area contributed by atoms with Gasteiger partial charge < -0.3 is 9.84 Å². The van der Waals surface area contributed by atoms with E-state index in [4.69, 9.17) is 10.5 Å². The number of rotatable bonds is 5. The minimum atomic E-state index is -1.32. The molecule has 1 aromatic carbocycles. The van der Waals surface area contributed by atoms with E-state index in [9.17, 15) is 9.90 Å². The SMILES string of the molecule is CO[C@](N)(c1ccccc1C=O)[C@H](O)C1CCC1. The first-order valence-electron chi connectivity index (χ1n) is 6.20. The Bertz CT molecular complexity index is 431. The van der Waals surface area contributed by atoms with Crippen LogP contribution in [0, 0.1) is 5.92 Å². The van der Waals surface area contributed by atoms with Crippen LogP contribution in [-0.2, 0) is 10.5 Å². The summed E-state index contributed by atoms with van der Waals surface area (Å²) in [4.78, 5) is 11.1. The van der Waals surface area contributed by atoms with Crippen molar-refractivity contribution in [2.75, 3.05) is 7.11 Å². The fraction of sp³-hybridized carbons (Fsp3) is 0.500. The maximum Gasteiger partial charge on any atom is 0.169 e. The van der Waals surface area contributed by atoms with E-state index in [1.165, 1.54) is 7.11 Å². The summed E-state index contributed by atoms with van der Waals surface area (Å²) >= 11 is 0. The minimum absolute atomic E-state index is 0.148. The molecule has 0 amide bonds. The Balaban J connectivity index is 2.38. The van der Waals surface area contributed by atoms with Gasteiger partial charge in [-0.3, -0.25) is 10.5 Å². The Hall–Kier alpha value is -1.23. The average Bonchev–Trinajstić information content (AvgIpc) is 2.35. The standard InChI is InChI=1S/C14H19NO3/c1-18-14(15,13(17)10-6-4-7-10)12-8-3-2-5-11(12)9-16/h2-3,5,8-10,13,17H,4,6-7,15H2,1H3/t13-,14-/m1/s1. The maximum absolute atomic E-state index is 11.1. The van der Waals surface area contributed by atoms with Crippen LogP contribution in [0.1, 0.15) is 35.2 Å². The minimum Gasteiger partial charge on any atom is -0.388 e. The van der Waals surface area contributed by atoms with Gasteiger partial charge in [-0.2, -0.15) is 0 Å². The van der Waals surface area contributed by atoms with Gasteiger partial charge in [0.05, 0.1) is 0 Å². The Labute approximate surface area is 107 Å². The maximum atomic E-state index is 11.1. The van der Waals surface area contributed by atoms with Crippen LogP contribution in [-0.4, -0.2) is 24.6 Å². The smallest absolute Gasteiger partial charge is 0.169 e. The van der Waals surface area contributed by atoms with Gasteiger partial charge in [0.2, 0.25) is 0 Å². The van der Waals surface area contributed by atoms with Crippen LogP contribution < -0.4 is 5.73 Å².